The summed E-state index contributed by atoms with van der Waals surface area (Å²) in [6.45, 7) is -0.102. The summed E-state index contributed by atoms with van der Waals surface area (Å²) in [6, 6.07) is 10.9. The molecule has 2 aromatic rings. The highest BCUT2D eigenvalue weighted by atomic mass is 35.5. The van der Waals surface area contributed by atoms with Gasteiger partial charge in [-0.2, -0.15) is 0 Å². The first-order valence-electron chi connectivity index (χ1n) is 9.71. The third kappa shape index (κ3) is 5.83. The number of hydrogen-bond donors (Lipinski definition) is 1. The fourth-order valence-electron chi connectivity index (χ4n) is 3.14. The highest BCUT2D eigenvalue weighted by Crippen LogP contribution is 2.21. The van der Waals surface area contributed by atoms with Crippen LogP contribution in [0.4, 0.5) is 4.39 Å². The van der Waals surface area contributed by atoms with E-state index in [-0.39, 0.29) is 30.8 Å². The van der Waals surface area contributed by atoms with Gasteiger partial charge in [0.1, 0.15) is 5.82 Å². The molecule has 1 N–H and O–H groups in total. The van der Waals surface area contributed by atoms with Crippen molar-refractivity contribution in [1.82, 2.24) is 10.4 Å². The molecule has 0 spiro atoms. The molecule has 1 saturated heterocycles. The van der Waals surface area contributed by atoms with Crippen LogP contribution in [0.3, 0.4) is 0 Å². The Morgan fingerprint density at radius 2 is 1.72 bits per heavy atom. The first-order chi connectivity index (χ1) is 15.3. The Kier molecular flexibility index (Phi) is 7.82. The van der Waals surface area contributed by atoms with Crippen LogP contribution < -0.4 is 5.43 Å². The Bertz CT molecular complexity index is 1010. The zero-order chi connectivity index (χ0) is 23.3. The number of carbonyl (C=O) groups is 4. The molecule has 32 heavy (non-hydrogen) atoms. The molecule has 1 fully saturated rings. The smallest absolute Gasteiger partial charge is 0.312 e. The molecule has 0 aliphatic carbocycles. The summed E-state index contributed by atoms with van der Waals surface area (Å²) in [5.41, 5.74) is 2.92. The molecule has 0 radical (unpaired) electrons. The van der Waals surface area contributed by atoms with Crippen LogP contribution in [0.15, 0.2) is 48.5 Å². The van der Waals surface area contributed by atoms with E-state index < -0.39 is 41.4 Å². The number of hydrogen-bond acceptors (Lipinski definition) is 5. The highest BCUT2D eigenvalue weighted by molar-refractivity contribution is 6.30. The second kappa shape index (κ2) is 10.6. The molecule has 0 unspecified atom stereocenters. The lowest BCUT2D eigenvalue weighted by Gasteiger charge is -2.19. The SMILES string of the molecule is O=C(NN1C[C@@H](C(=O)O[C@H](CCCl)C(=O)c2ccc(F)cc2)CC1=O)c1ccc(Cl)cc1. The summed E-state index contributed by atoms with van der Waals surface area (Å²) in [5, 5.41) is 1.50. The number of amides is 2. The topological polar surface area (TPSA) is 92.8 Å². The van der Waals surface area contributed by atoms with E-state index in [0.717, 1.165) is 17.1 Å². The summed E-state index contributed by atoms with van der Waals surface area (Å²) in [6.07, 6.45) is -1.29. The zero-order valence-corrected chi connectivity index (χ0v) is 18.2. The van der Waals surface area contributed by atoms with Crippen LogP contribution in [0.2, 0.25) is 5.02 Å². The normalized spacial score (nSPS) is 16.5. The molecule has 1 heterocycles. The molecular weight excluding hydrogens is 462 g/mol. The third-order valence-electron chi connectivity index (χ3n) is 4.85. The van der Waals surface area contributed by atoms with E-state index in [1.807, 2.05) is 0 Å². The molecule has 1 aliphatic heterocycles. The summed E-state index contributed by atoms with van der Waals surface area (Å²) in [4.78, 5) is 49.9. The maximum atomic E-state index is 13.1. The van der Waals surface area contributed by atoms with Crippen LogP contribution in [0.1, 0.15) is 33.6 Å². The van der Waals surface area contributed by atoms with Gasteiger partial charge in [0.15, 0.2) is 6.10 Å². The lowest BCUT2D eigenvalue weighted by atomic mass is 10.0. The van der Waals surface area contributed by atoms with E-state index >= 15 is 0 Å². The van der Waals surface area contributed by atoms with Gasteiger partial charge in [0, 0.05) is 34.9 Å². The van der Waals surface area contributed by atoms with Gasteiger partial charge in [0.2, 0.25) is 11.7 Å². The van der Waals surface area contributed by atoms with E-state index in [9.17, 15) is 23.6 Å². The van der Waals surface area contributed by atoms with Crippen LogP contribution in [-0.4, -0.2) is 47.1 Å². The molecule has 0 aromatic heterocycles. The second-order valence-electron chi connectivity index (χ2n) is 7.13. The minimum Gasteiger partial charge on any atom is -0.454 e. The molecule has 1 aliphatic rings. The summed E-state index contributed by atoms with van der Waals surface area (Å²) in [7, 11) is 0. The van der Waals surface area contributed by atoms with Crippen molar-refractivity contribution >= 4 is 46.8 Å². The quantitative estimate of drug-likeness (QED) is 0.355. The van der Waals surface area contributed by atoms with Crippen LogP contribution >= 0.6 is 23.2 Å². The van der Waals surface area contributed by atoms with Crippen molar-refractivity contribution in [1.29, 1.82) is 0 Å². The fourth-order valence-corrected chi connectivity index (χ4v) is 3.47. The number of ketones is 1. The van der Waals surface area contributed by atoms with Gasteiger partial charge < -0.3 is 4.74 Å². The van der Waals surface area contributed by atoms with Crippen molar-refractivity contribution < 1.29 is 28.3 Å². The number of benzene rings is 2. The van der Waals surface area contributed by atoms with Crippen molar-refractivity contribution in [3.05, 3.63) is 70.5 Å². The molecule has 0 bridgehead atoms. The van der Waals surface area contributed by atoms with Crippen molar-refractivity contribution in [2.45, 2.75) is 18.9 Å². The molecule has 0 saturated carbocycles. The number of rotatable bonds is 8. The third-order valence-corrected chi connectivity index (χ3v) is 5.32. The Morgan fingerprint density at radius 3 is 2.34 bits per heavy atom. The van der Waals surface area contributed by atoms with Gasteiger partial charge in [0.25, 0.3) is 5.91 Å². The average Bonchev–Trinajstić information content (AvgIpc) is 3.14. The molecule has 2 aromatic carbocycles. The molecular formula is C22H19Cl2FN2O5. The number of esters is 1. The van der Waals surface area contributed by atoms with Gasteiger partial charge in [-0.05, 0) is 48.5 Å². The number of carbonyl (C=O) groups excluding carboxylic acids is 4. The number of nitrogens with one attached hydrogen (secondary N) is 1. The minimum absolute atomic E-state index is 0.0533. The average molecular weight is 481 g/mol. The number of alkyl halides is 1. The van der Waals surface area contributed by atoms with E-state index in [2.05, 4.69) is 5.43 Å². The van der Waals surface area contributed by atoms with Gasteiger partial charge in [-0.3, -0.25) is 29.6 Å². The first kappa shape index (κ1) is 23.7. The number of nitrogens with zero attached hydrogens (tertiary/aromatic N) is 1. The van der Waals surface area contributed by atoms with Gasteiger partial charge in [-0.25, -0.2) is 4.39 Å². The minimum atomic E-state index is -1.17. The Hall–Kier alpha value is -2.97. The van der Waals surface area contributed by atoms with E-state index in [4.69, 9.17) is 27.9 Å². The van der Waals surface area contributed by atoms with Crippen LogP contribution in [-0.2, 0) is 14.3 Å². The lowest BCUT2D eigenvalue weighted by Crippen LogP contribution is -2.43. The van der Waals surface area contributed by atoms with Gasteiger partial charge >= 0.3 is 5.97 Å². The monoisotopic (exact) mass is 480 g/mol. The number of hydrazine groups is 1. The van der Waals surface area contributed by atoms with Crippen molar-refractivity contribution in [2.75, 3.05) is 12.4 Å². The molecule has 2 atom stereocenters. The Morgan fingerprint density at radius 1 is 1.09 bits per heavy atom. The van der Waals surface area contributed by atoms with Crippen LogP contribution in [0, 0.1) is 11.7 Å². The van der Waals surface area contributed by atoms with Crippen LogP contribution in [0.25, 0.3) is 0 Å². The van der Waals surface area contributed by atoms with Gasteiger partial charge in [-0.1, -0.05) is 11.6 Å². The maximum Gasteiger partial charge on any atom is 0.312 e. The van der Waals surface area contributed by atoms with E-state index in [1.165, 1.54) is 36.4 Å². The number of ether oxygens (including phenoxy) is 1. The fraction of sp³-hybridized carbons (Fsp3) is 0.273. The number of halogens is 3. The molecule has 10 heteroatoms. The summed E-state index contributed by atoms with van der Waals surface area (Å²) in [5.74, 6) is -3.59. The maximum absolute atomic E-state index is 13.1. The second-order valence-corrected chi connectivity index (χ2v) is 7.94. The summed E-state index contributed by atoms with van der Waals surface area (Å²) < 4.78 is 18.5. The lowest BCUT2D eigenvalue weighted by molar-refractivity contribution is -0.151. The molecule has 2 amide bonds. The molecule has 168 valence electrons. The zero-order valence-electron chi connectivity index (χ0n) is 16.7. The predicted molar refractivity (Wildman–Crippen MR) is 115 cm³/mol. The van der Waals surface area contributed by atoms with Crippen molar-refractivity contribution in [3.63, 3.8) is 0 Å². The van der Waals surface area contributed by atoms with E-state index in [1.54, 1.807) is 0 Å². The van der Waals surface area contributed by atoms with Crippen LogP contribution in [0.5, 0.6) is 0 Å². The Balaban J connectivity index is 1.61. The van der Waals surface area contributed by atoms with Gasteiger partial charge in [0.05, 0.1) is 12.5 Å². The largest absolute Gasteiger partial charge is 0.454 e. The molecule has 3 rings (SSSR count). The molecule has 7 nitrogen and oxygen atoms in total. The van der Waals surface area contributed by atoms with Crippen molar-refractivity contribution in [2.24, 2.45) is 5.92 Å². The summed E-state index contributed by atoms with van der Waals surface area (Å²) >= 11 is 11.5. The highest BCUT2D eigenvalue weighted by Gasteiger charge is 2.38. The van der Waals surface area contributed by atoms with Gasteiger partial charge in [-0.15, -0.1) is 11.6 Å². The van der Waals surface area contributed by atoms with Crippen molar-refractivity contribution in [3.8, 4) is 0 Å². The predicted octanol–water partition coefficient (Wildman–Crippen LogP) is 3.40. The number of Topliss-reactive ketones (excluding diaryl/α,β-unsaturated/α-hetero) is 1. The first-order valence-corrected chi connectivity index (χ1v) is 10.6. The van der Waals surface area contributed by atoms with E-state index in [0.29, 0.717) is 10.6 Å². The standard InChI is InChI=1S/C22H19Cl2FN2O5/c23-10-9-18(20(29)13-3-7-17(25)8-4-13)32-22(31)15-11-19(28)27(12-15)26-21(30)14-1-5-16(24)6-2-14/h1-8,15,18H,9-12H2,(H,26,30)/t15-,18+/m0/s1. The Labute approximate surface area is 193 Å².